The third-order valence-corrected chi connectivity index (χ3v) is 5.50. The lowest BCUT2D eigenvalue weighted by molar-refractivity contribution is 0.295. The van der Waals surface area contributed by atoms with Gasteiger partial charge in [0.2, 0.25) is 0 Å². The van der Waals surface area contributed by atoms with Crippen LogP contribution in [0.4, 0.5) is 0 Å². The minimum Gasteiger partial charge on any atom is -0.301 e. The Balaban J connectivity index is 1.60. The van der Waals surface area contributed by atoms with Gasteiger partial charge in [-0.15, -0.1) is 0 Å². The molecule has 0 amide bonds. The van der Waals surface area contributed by atoms with Gasteiger partial charge in [0.15, 0.2) is 0 Å². The van der Waals surface area contributed by atoms with Crippen molar-refractivity contribution in [3.63, 3.8) is 0 Å². The molecule has 0 N–H and O–H groups in total. The standard InChI is InChI=1S/C22H21N5/c1-26-13-18-10-16(21-4-3-9-23-25-21)7-8-19(18)20(14-26)15-5-6-17-12-24-27(2)22(17)11-15/h3-12,20H,13-14H2,1-2H3. The second kappa shape index (κ2) is 6.28. The molecule has 5 nitrogen and oxygen atoms in total. The van der Waals surface area contributed by atoms with E-state index in [-0.39, 0.29) is 0 Å². The summed E-state index contributed by atoms with van der Waals surface area (Å²) in [6.45, 7) is 1.97. The van der Waals surface area contributed by atoms with Crippen LogP contribution in [0.5, 0.6) is 0 Å². The Morgan fingerprint density at radius 2 is 1.96 bits per heavy atom. The van der Waals surface area contributed by atoms with Crippen molar-refractivity contribution in [3.05, 3.63) is 77.6 Å². The van der Waals surface area contributed by atoms with Crippen LogP contribution in [0.1, 0.15) is 22.6 Å². The highest BCUT2D eigenvalue weighted by atomic mass is 15.2. The van der Waals surface area contributed by atoms with Crippen LogP contribution in [0, 0.1) is 0 Å². The van der Waals surface area contributed by atoms with Gasteiger partial charge >= 0.3 is 0 Å². The van der Waals surface area contributed by atoms with E-state index in [0.29, 0.717) is 5.92 Å². The van der Waals surface area contributed by atoms with Crippen molar-refractivity contribution < 1.29 is 0 Å². The highest BCUT2D eigenvalue weighted by Crippen LogP contribution is 2.36. The molecule has 4 aromatic rings. The molecule has 1 aliphatic heterocycles. The largest absolute Gasteiger partial charge is 0.301 e. The summed E-state index contributed by atoms with van der Waals surface area (Å²) in [6.07, 6.45) is 3.63. The van der Waals surface area contributed by atoms with Crippen LogP contribution in [-0.4, -0.2) is 38.5 Å². The molecule has 1 atom stereocenters. The fourth-order valence-electron chi connectivity index (χ4n) is 4.13. The molecule has 0 fully saturated rings. The molecule has 5 heteroatoms. The topological polar surface area (TPSA) is 46.8 Å². The molecule has 5 rings (SSSR count). The van der Waals surface area contributed by atoms with E-state index in [1.54, 1.807) is 6.20 Å². The maximum atomic E-state index is 4.38. The average Bonchev–Trinajstić information content (AvgIpc) is 3.08. The van der Waals surface area contributed by atoms with E-state index in [9.17, 15) is 0 Å². The van der Waals surface area contributed by atoms with E-state index in [1.165, 1.54) is 27.6 Å². The molecule has 1 unspecified atom stereocenters. The maximum Gasteiger partial charge on any atom is 0.0929 e. The number of hydrogen-bond acceptors (Lipinski definition) is 4. The summed E-state index contributed by atoms with van der Waals surface area (Å²) in [5.74, 6) is 0.356. The molecule has 27 heavy (non-hydrogen) atoms. The minimum atomic E-state index is 0.356. The lowest BCUT2D eigenvalue weighted by Crippen LogP contribution is -2.31. The Morgan fingerprint density at radius 3 is 2.81 bits per heavy atom. The third kappa shape index (κ3) is 2.80. The summed E-state index contributed by atoms with van der Waals surface area (Å²) in [5.41, 5.74) is 7.33. The van der Waals surface area contributed by atoms with E-state index in [4.69, 9.17) is 0 Å². The molecule has 0 saturated heterocycles. The van der Waals surface area contributed by atoms with Crippen LogP contribution in [0.2, 0.25) is 0 Å². The van der Waals surface area contributed by atoms with Gasteiger partial charge in [0.1, 0.15) is 0 Å². The van der Waals surface area contributed by atoms with E-state index in [2.05, 4.69) is 63.6 Å². The lowest BCUT2D eigenvalue weighted by atomic mass is 9.83. The molecule has 134 valence electrons. The van der Waals surface area contributed by atoms with Crippen LogP contribution >= 0.6 is 0 Å². The predicted octanol–water partition coefficient (Wildman–Crippen LogP) is 3.61. The quantitative estimate of drug-likeness (QED) is 0.551. The number of fused-ring (bicyclic) bond motifs is 2. The SMILES string of the molecule is CN1Cc2cc(-c3cccnn3)ccc2C(c2ccc3cnn(C)c3c2)C1. The van der Waals surface area contributed by atoms with Gasteiger partial charge < -0.3 is 4.90 Å². The van der Waals surface area contributed by atoms with Gasteiger partial charge in [0, 0.05) is 43.2 Å². The number of aromatic nitrogens is 4. The van der Waals surface area contributed by atoms with Crippen LogP contribution < -0.4 is 0 Å². The van der Waals surface area contributed by atoms with Gasteiger partial charge in [-0.2, -0.15) is 15.3 Å². The molecule has 0 radical (unpaired) electrons. The highest BCUT2D eigenvalue weighted by molar-refractivity contribution is 5.79. The lowest BCUT2D eigenvalue weighted by Gasteiger charge is -2.33. The monoisotopic (exact) mass is 355 g/mol. The van der Waals surface area contributed by atoms with Gasteiger partial charge in [-0.25, -0.2) is 0 Å². The summed E-state index contributed by atoms with van der Waals surface area (Å²) >= 11 is 0. The van der Waals surface area contributed by atoms with E-state index < -0.39 is 0 Å². The summed E-state index contributed by atoms with van der Waals surface area (Å²) in [6, 6.07) is 17.4. The first kappa shape index (κ1) is 16.1. The number of benzene rings is 2. The highest BCUT2D eigenvalue weighted by Gasteiger charge is 2.25. The average molecular weight is 355 g/mol. The Morgan fingerprint density at radius 1 is 1.04 bits per heavy atom. The first-order valence-electron chi connectivity index (χ1n) is 9.20. The van der Waals surface area contributed by atoms with Crippen LogP contribution in [-0.2, 0) is 13.6 Å². The van der Waals surface area contributed by atoms with Crippen molar-refractivity contribution in [1.29, 1.82) is 0 Å². The Hall–Kier alpha value is -3.05. The molecule has 0 saturated carbocycles. The van der Waals surface area contributed by atoms with Gasteiger partial charge in [0.05, 0.1) is 17.4 Å². The summed E-state index contributed by atoms with van der Waals surface area (Å²) in [4.78, 5) is 2.39. The van der Waals surface area contributed by atoms with E-state index in [0.717, 1.165) is 24.3 Å². The molecule has 0 bridgehead atoms. The van der Waals surface area contributed by atoms with E-state index in [1.807, 2.05) is 30.1 Å². The van der Waals surface area contributed by atoms with Crippen molar-refractivity contribution in [2.24, 2.45) is 7.05 Å². The fourth-order valence-corrected chi connectivity index (χ4v) is 4.13. The number of nitrogens with zero attached hydrogens (tertiary/aromatic N) is 5. The minimum absolute atomic E-state index is 0.356. The van der Waals surface area contributed by atoms with Crippen LogP contribution in [0.3, 0.4) is 0 Å². The smallest absolute Gasteiger partial charge is 0.0929 e. The van der Waals surface area contributed by atoms with Crippen molar-refractivity contribution in [2.75, 3.05) is 13.6 Å². The van der Waals surface area contributed by atoms with Crippen LogP contribution in [0.15, 0.2) is 60.9 Å². The Kier molecular flexibility index (Phi) is 3.76. The molecular weight excluding hydrogens is 334 g/mol. The number of aryl methyl sites for hydroxylation is 1. The molecule has 0 spiro atoms. The van der Waals surface area contributed by atoms with Gasteiger partial charge in [-0.3, -0.25) is 4.68 Å². The van der Waals surface area contributed by atoms with E-state index >= 15 is 0 Å². The van der Waals surface area contributed by atoms with Gasteiger partial charge in [-0.1, -0.05) is 24.3 Å². The van der Waals surface area contributed by atoms with Crippen molar-refractivity contribution in [2.45, 2.75) is 12.5 Å². The number of rotatable bonds is 2. The van der Waals surface area contributed by atoms with Gasteiger partial charge in [-0.05, 0) is 48.0 Å². The molecular formula is C22H21N5. The molecule has 1 aliphatic rings. The summed E-state index contributed by atoms with van der Waals surface area (Å²) in [7, 11) is 4.19. The number of hydrogen-bond donors (Lipinski definition) is 0. The Bertz CT molecular complexity index is 1120. The summed E-state index contributed by atoms with van der Waals surface area (Å²) in [5, 5.41) is 13.8. The fraction of sp³-hybridized carbons (Fsp3) is 0.227. The molecule has 0 aliphatic carbocycles. The van der Waals surface area contributed by atoms with Crippen molar-refractivity contribution in [3.8, 4) is 11.3 Å². The van der Waals surface area contributed by atoms with Crippen LogP contribution in [0.25, 0.3) is 22.2 Å². The second-order valence-corrected chi connectivity index (χ2v) is 7.36. The molecule has 2 aromatic heterocycles. The first-order valence-corrected chi connectivity index (χ1v) is 9.20. The zero-order valence-corrected chi connectivity index (χ0v) is 15.5. The molecule has 3 heterocycles. The zero-order valence-electron chi connectivity index (χ0n) is 15.5. The maximum absolute atomic E-state index is 4.38. The van der Waals surface area contributed by atoms with Gasteiger partial charge in [0.25, 0.3) is 0 Å². The zero-order chi connectivity index (χ0) is 18.4. The van der Waals surface area contributed by atoms with Crippen molar-refractivity contribution in [1.82, 2.24) is 24.9 Å². The third-order valence-electron chi connectivity index (χ3n) is 5.50. The van der Waals surface area contributed by atoms with Crippen molar-refractivity contribution >= 4 is 10.9 Å². The second-order valence-electron chi connectivity index (χ2n) is 7.36. The summed E-state index contributed by atoms with van der Waals surface area (Å²) < 4.78 is 1.95. The Labute approximate surface area is 158 Å². The normalized spacial score (nSPS) is 17.2. The predicted molar refractivity (Wildman–Crippen MR) is 106 cm³/mol. The first-order chi connectivity index (χ1) is 13.2. The number of likely N-dealkylation sites (N-methyl/N-ethyl adjacent to an activating group) is 1. The molecule has 2 aromatic carbocycles.